The Hall–Kier alpha value is 0.0195. The van der Waals surface area contributed by atoms with Gasteiger partial charge in [0, 0.05) is 0 Å². The number of aromatic nitrogens is 2. The van der Waals surface area contributed by atoms with Crippen LogP contribution in [-0.4, -0.2) is 9.13 Å². The van der Waals surface area contributed by atoms with E-state index in [-0.39, 0.29) is 11.1 Å². The van der Waals surface area contributed by atoms with Crippen molar-refractivity contribution in [1.82, 2.24) is 9.13 Å². The maximum absolute atomic E-state index is 5.96. The maximum atomic E-state index is 5.96. The molecule has 0 fully saturated rings. The average Bonchev–Trinajstić information content (AvgIpc) is 2.43. The predicted octanol–water partition coefficient (Wildman–Crippen LogP) is 3.57. The summed E-state index contributed by atoms with van der Waals surface area (Å²) in [6.07, 6.45) is 4.18. The molecule has 0 saturated heterocycles. The molecule has 0 radical (unpaired) electrons. The van der Waals surface area contributed by atoms with Gasteiger partial charge >= 0.3 is 102 Å². The van der Waals surface area contributed by atoms with E-state index in [0.29, 0.717) is 0 Å². The molecule has 0 bridgehead atoms. The van der Waals surface area contributed by atoms with Gasteiger partial charge in [0.05, 0.1) is 0 Å². The second-order valence-electron chi connectivity index (χ2n) is 5.67. The topological polar surface area (TPSA) is 9.86 Å². The standard InChI is InChI=1S/C11H20N2.ClH.Cu/c1-10(2,3)12-7-8-13(9-12)11(4,5)6;;/h7-8H,1-6H3;1H;/q;;+1/p-1. The Balaban J connectivity index is 3.45. The van der Waals surface area contributed by atoms with Gasteiger partial charge in [0.25, 0.3) is 0 Å². The van der Waals surface area contributed by atoms with Crippen molar-refractivity contribution in [2.45, 2.75) is 52.6 Å². The van der Waals surface area contributed by atoms with E-state index in [0.717, 1.165) is 4.32 Å². The molecule has 4 heteroatoms. The molecule has 0 aromatic carbocycles. The summed E-state index contributed by atoms with van der Waals surface area (Å²) in [5, 5.41) is 0. The third-order valence-electron chi connectivity index (χ3n) is 2.22. The molecule has 0 unspecified atom stereocenters. The zero-order chi connectivity index (χ0) is 11.9. The zero-order valence-electron chi connectivity index (χ0n) is 10.2. The van der Waals surface area contributed by atoms with Crippen LogP contribution in [0.1, 0.15) is 41.5 Å². The van der Waals surface area contributed by atoms with Crippen LogP contribution in [0.5, 0.6) is 0 Å². The molecular weight excluding hydrogens is 259 g/mol. The molecule has 0 atom stereocenters. The molecular formula is C11H20ClCuN2. The SMILES string of the molecule is CC(C)(C)n1ccn(C(C)(C)C)[c]1=[Cu][Cl]. The quantitative estimate of drug-likeness (QED) is 0.643. The molecule has 0 amide bonds. The van der Waals surface area contributed by atoms with E-state index in [2.05, 4.69) is 63.1 Å². The first-order chi connectivity index (χ1) is 6.68. The van der Waals surface area contributed by atoms with Crippen LogP contribution in [0, 0.1) is 4.32 Å². The molecule has 0 aliphatic rings. The van der Waals surface area contributed by atoms with Crippen LogP contribution < -0.4 is 0 Å². The molecule has 15 heavy (non-hydrogen) atoms. The van der Waals surface area contributed by atoms with Gasteiger partial charge in [-0.1, -0.05) is 0 Å². The average molecular weight is 279 g/mol. The molecule has 2 nitrogen and oxygen atoms in total. The molecule has 0 aliphatic heterocycles. The summed E-state index contributed by atoms with van der Waals surface area (Å²) in [6, 6.07) is 0. The van der Waals surface area contributed by atoms with Gasteiger partial charge in [0.2, 0.25) is 0 Å². The Labute approximate surface area is 102 Å². The van der Waals surface area contributed by atoms with Gasteiger partial charge < -0.3 is 0 Å². The third kappa shape index (κ3) is 2.77. The monoisotopic (exact) mass is 278 g/mol. The first-order valence-corrected chi connectivity index (χ1v) is 6.78. The minimum absolute atomic E-state index is 0.0606. The fourth-order valence-electron chi connectivity index (χ4n) is 1.37. The van der Waals surface area contributed by atoms with Gasteiger partial charge in [0.1, 0.15) is 0 Å². The van der Waals surface area contributed by atoms with Crippen LogP contribution in [0.2, 0.25) is 0 Å². The number of rotatable bonds is 0. The first kappa shape index (κ1) is 13.1. The van der Waals surface area contributed by atoms with Crippen LogP contribution in [0.15, 0.2) is 12.4 Å². The molecule has 0 N–H and O–H groups in total. The van der Waals surface area contributed by atoms with Crippen molar-refractivity contribution < 1.29 is 13.6 Å². The number of halogens is 1. The molecule has 0 aliphatic carbocycles. The zero-order valence-corrected chi connectivity index (χ0v) is 11.9. The summed E-state index contributed by atoms with van der Waals surface area (Å²) < 4.78 is 5.47. The second-order valence-corrected chi connectivity index (χ2v) is 6.74. The van der Waals surface area contributed by atoms with E-state index in [4.69, 9.17) is 10.1 Å². The fraction of sp³-hybridized carbons (Fsp3) is 0.727. The molecule has 0 spiro atoms. The first-order valence-electron chi connectivity index (χ1n) is 5.01. The summed E-state index contributed by atoms with van der Waals surface area (Å²) in [6.45, 7) is 13.1. The summed E-state index contributed by atoms with van der Waals surface area (Å²) >= 11 is 1.37. The van der Waals surface area contributed by atoms with Gasteiger partial charge in [-0.3, -0.25) is 0 Å². The van der Waals surface area contributed by atoms with Crippen LogP contribution in [-0.2, 0) is 24.7 Å². The predicted molar refractivity (Wildman–Crippen MR) is 61.5 cm³/mol. The van der Waals surface area contributed by atoms with E-state index >= 15 is 0 Å². The second kappa shape index (κ2) is 4.12. The summed E-state index contributed by atoms with van der Waals surface area (Å²) in [4.78, 5) is 0. The van der Waals surface area contributed by atoms with Crippen molar-refractivity contribution in [2.75, 3.05) is 0 Å². The van der Waals surface area contributed by atoms with Gasteiger partial charge in [0.15, 0.2) is 0 Å². The van der Waals surface area contributed by atoms with Gasteiger partial charge in [-0.25, -0.2) is 0 Å². The van der Waals surface area contributed by atoms with Gasteiger partial charge in [-0.05, 0) is 0 Å². The van der Waals surface area contributed by atoms with Crippen LogP contribution in [0.4, 0.5) is 0 Å². The molecule has 0 saturated carbocycles. The summed E-state index contributed by atoms with van der Waals surface area (Å²) in [5.41, 5.74) is 0.121. The van der Waals surface area contributed by atoms with Crippen LogP contribution >= 0.6 is 10.1 Å². The Morgan fingerprint density at radius 1 is 0.933 bits per heavy atom. The number of nitrogens with zero attached hydrogens (tertiary/aromatic N) is 2. The van der Waals surface area contributed by atoms with Gasteiger partial charge in [-0.15, -0.1) is 0 Å². The van der Waals surface area contributed by atoms with Crippen molar-refractivity contribution in [3.05, 3.63) is 16.7 Å². The summed E-state index contributed by atoms with van der Waals surface area (Å²) in [5.74, 6) is 0. The Morgan fingerprint density at radius 3 is 1.47 bits per heavy atom. The minimum atomic E-state index is 0.0606. The van der Waals surface area contributed by atoms with Crippen LogP contribution in [0.25, 0.3) is 0 Å². The van der Waals surface area contributed by atoms with E-state index in [1.165, 1.54) is 13.6 Å². The van der Waals surface area contributed by atoms with E-state index in [1.54, 1.807) is 0 Å². The van der Waals surface area contributed by atoms with Crippen molar-refractivity contribution in [2.24, 2.45) is 0 Å². The molecule has 1 rings (SSSR count). The van der Waals surface area contributed by atoms with Crippen molar-refractivity contribution in [3.63, 3.8) is 0 Å². The van der Waals surface area contributed by atoms with E-state index in [1.807, 2.05) is 0 Å². The van der Waals surface area contributed by atoms with Crippen molar-refractivity contribution in [3.8, 4) is 0 Å². The molecule has 1 heterocycles. The Kier molecular flexibility index (Phi) is 3.59. The third-order valence-corrected chi connectivity index (χ3v) is 3.26. The number of imidazole rings is 1. The van der Waals surface area contributed by atoms with Crippen molar-refractivity contribution >= 4 is 10.1 Å². The number of hydrogen-bond acceptors (Lipinski definition) is 0. The van der Waals surface area contributed by atoms with Crippen molar-refractivity contribution in [1.29, 1.82) is 0 Å². The normalized spacial score (nSPS) is 13.5. The summed E-state index contributed by atoms with van der Waals surface area (Å²) in [7, 11) is 5.96. The number of hydrogen-bond donors (Lipinski definition) is 0. The molecule has 1 aromatic rings. The fourth-order valence-corrected chi connectivity index (χ4v) is 2.76. The molecule has 92 valence electrons. The van der Waals surface area contributed by atoms with Gasteiger partial charge in [-0.2, -0.15) is 0 Å². The van der Waals surface area contributed by atoms with E-state index < -0.39 is 0 Å². The van der Waals surface area contributed by atoms with Crippen LogP contribution in [0.3, 0.4) is 0 Å². The van der Waals surface area contributed by atoms with E-state index in [9.17, 15) is 0 Å². The Bertz CT molecular complexity index is 367. The Morgan fingerprint density at radius 2 is 1.27 bits per heavy atom. The molecule has 1 aromatic heterocycles.